The number of hydrogen-bond acceptors (Lipinski definition) is 4. The van der Waals surface area contributed by atoms with Crippen molar-refractivity contribution in [2.75, 3.05) is 17.6 Å². The maximum absolute atomic E-state index is 12.0. The van der Waals surface area contributed by atoms with Crippen LogP contribution in [0.1, 0.15) is 48.7 Å². The van der Waals surface area contributed by atoms with E-state index in [1.54, 1.807) is 6.08 Å². The van der Waals surface area contributed by atoms with Gasteiger partial charge in [-0.2, -0.15) is 0 Å². The van der Waals surface area contributed by atoms with Crippen molar-refractivity contribution in [1.29, 1.82) is 0 Å². The molecule has 21 heavy (non-hydrogen) atoms. The molecule has 116 valence electrons. The molecular weight excluding hydrogens is 282 g/mol. The number of hydrogen-bond donors (Lipinski definition) is 3. The van der Waals surface area contributed by atoms with E-state index in [1.807, 2.05) is 6.07 Å². The number of amides is 1. The van der Waals surface area contributed by atoms with Crippen molar-refractivity contribution in [3.8, 4) is 0 Å². The monoisotopic (exact) mass is 307 g/mol. The van der Waals surface area contributed by atoms with Crippen LogP contribution in [0.2, 0.25) is 0 Å². The number of thiophene rings is 1. The van der Waals surface area contributed by atoms with Crippen LogP contribution in [0, 0.1) is 5.92 Å². The Balaban J connectivity index is 1.93. The normalized spacial score (nSPS) is 21.8. The summed E-state index contributed by atoms with van der Waals surface area (Å²) in [4.78, 5) is 12.5. The van der Waals surface area contributed by atoms with Crippen LogP contribution in [0.15, 0.2) is 18.7 Å². The minimum atomic E-state index is -0.125. The van der Waals surface area contributed by atoms with Crippen LogP contribution in [0.4, 0.5) is 10.7 Å². The second-order valence-corrected chi connectivity index (χ2v) is 6.72. The zero-order valence-electron chi connectivity index (χ0n) is 12.7. The zero-order valence-corrected chi connectivity index (χ0v) is 13.5. The van der Waals surface area contributed by atoms with Crippen LogP contribution in [0.5, 0.6) is 0 Å². The molecule has 0 saturated heterocycles. The van der Waals surface area contributed by atoms with E-state index in [0.29, 0.717) is 23.2 Å². The van der Waals surface area contributed by atoms with E-state index in [-0.39, 0.29) is 5.91 Å². The highest BCUT2D eigenvalue weighted by Crippen LogP contribution is 2.33. The summed E-state index contributed by atoms with van der Waals surface area (Å²) in [6.07, 6.45) is 7.94. The Hall–Kier alpha value is -1.49. The Morgan fingerprint density at radius 1 is 1.48 bits per heavy atom. The topological polar surface area (TPSA) is 67.2 Å². The van der Waals surface area contributed by atoms with Gasteiger partial charge in [-0.05, 0) is 37.7 Å². The highest BCUT2D eigenvalue weighted by Gasteiger charge is 2.21. The van der Waals surface area contributed by atoms with Gasteiger partial charge in [0.25, 0.3) is 5.91 Å². The van der Waals surface area contributed by atoms with Gasteiger partial charge in [0.2, 0.25) is 0 Å². The van der Waals surface area contributed by atoms with E-state index in [0.717, 1.165) is 10.9 Å². The lowest BCUT2D eigenvalue weighted by Gasteiger charge is -2.28. The summed E-state index contributed by atoms with van der Waals surface area (Å²) in [7, 11) is 0. The van der Waals surface area contributed by atoms with Gasteiger partial charge in [0.1, 0.15) is 4.88 Å². The molecular formula is C16H25N3OS. The third-order valence-electron chi connectivity index (χ3n) is 4.14. The molecule has 1 aromatic heterocycles. The number of anilines is 2. The molecule has 0 bridgehead atoms. The summed E-state index contributed by atoms with van der Waals surface area (Å²) in [5, 5.41) is 7.30. The van der Waals surface area contributed by atoms with Gasteiger partial charge in [0, 0.05) is 12.6 Å². The molecule has 5 heteroatoms. The van der Waals surface area contributed by atoms with E-state index >= 15 is 0 Å². The lowest BCUT2D eigenvalue weighted by atomic mass is 9.84. The summed E-state index contributed by atoms with van der Waals surface area (Å²) < 4.78 is 0. The van der Waals surface area contributed by atoms with Crippen molar-refractivity contribution in [2.45, 2.75) is 45.1 Å². The Bertz CT molecular complexity index is 490. The molecule has 4 N–H and O–H groups in total. The smallest absolute Gasteiger partial charge is 0.263 e. The SMILES string of the molecule is C=CCNC(=O)c1sc(NC2CCC(CC)CC2)cc1N. The summed E-state index contributed by atoms with van der Waals surface area (Å²) in [5.41, 5.74) is 6.49. The van der Waals surface area contributed by atoms with Gasteiger partial charge in [-0.15, -0.1) is 17.9 Å². The van der Waals surface area contributed by atoms with E-state index in [9.17, 15) is 4.79 Å². The minimum Gasteiger partial charge on any atom is -0.397 e. The van der Waals surface area contributed by atoms with Gasteiger partial charge >= 0.3 is 0 Å². The van der Waals surface area contributed by atoms with Crippen LogP contribution in [-0.4, -0.2) is 18.5 Å². The molecule has 1 aliphatic carbocycles. The Morgan fingerprint density at radius 3 is 2.81 bits per heavy atom. The number of rotatable bonds is 6. The molecule has 1 aromatic rings. The highest BCUT2D eigenvalue weighted by atomic mass is 32.1. The first-order valence-corrected chi connectivity index (χ1v) is 8.50. The predicted octanol–water partition coefficient (Wildman–Crippen LogP) is 3.63. The van der Waals surface area contributed by atoms with Crippen LogP contribution < -0.4 is 16.4 Å². The molecule has 0 aromatic carbocycles. The molecule has 1 amide bonds. The standard InChI is InChI=1S/C16H25N3OS/c1-3-9-18-16(20)15-13(17)10-14(21-15)19-12-7-5-11(4-2)6-8-12/h3,10-12,19H,1,4-9,17H2,2H3,(H,18,20). The summed E-state index contributed by atoms with van der Waals surface area (Å²) in [6.45, 7) is 6.32. The number of carbonyl (C=O) groups excluding carboxylic acids is 1. The average molecular weight is 307 g/mol. The van der Waals surface area contributed by atoms with E-state index in [1.165, 1.54) is 43.4 Å². The maximum atomic E-state index is 12.0. The van der Waals surface area contributed by atoms with Crippen LogP contribution in [-0.2, 0) is 0 Å². The first kappa shape index (κ1) is 15.9. The van der Waals surface area contributed by atoms with Crippen molar-refractivity contribution >= 4 is 27.9 Å². The Labute approximate surface area is 130 Å². The zero-order chi connectivity index (χ0) is 15.2. The summed E-state index contributed by atoms with van der Waals surface area (Å²) >= 11 is 1.44. The fourth-order valence-corrected chi connectivity index (χ4v) is 3.79. The van der Waals surface area contributed by atoms with Gasteiger partial charge in [-0.1, -0.05) is 19.4 Å². The summed E-state index contributed by atoms with van der Waals surface area (Å²) in [6, 6.07) is 2.38. The van der Waals surface area contributed by atoms with Gasteiger partial charge < -0.3 is 16.4 Å². The fourth-order valence-electron chi connectivity index (χ4n) is 2.82. The van der Waals surface area contributed by atoms with E-state index in [4.69, 9.17) is 5.73 Å². The van der Waals surface area contributed by atoms with Crippen LogP contribution in [0.3, 0.4) is 0 Å². The fraction of sp³-hybridized carbons (Fsp3) is 0.562. The first-order chi connectivity index (χ1) is 10.1. The molecule has 1 saturated carbocycles. The highest BCUT2D eigenvalue weighted by molar-refractivity contribution is 7.18. The van der Waals surface area contributed by atoms with Crippen LogP contribution >= 0.6 is 11.3 Å². The molecule has 1 aliphatic rings. The second-order valence-electron chi connectivity index (χ2n) is 5.66. The van der Waals surface area contributed by atoms with E-state index in [2.05, 4.69) is 24.1 Å². The van der Waals surface area contributed by atoms with Gasteiger partial charge in [0.05, 0.1) is 10.7 Å². The Morgan fingerprint density at radius 2 is 2.19 bits per heavy atom. The molecule has 0 spiro atoms. The molecule has 0 atom stereocenters. The molecule has 0 aliphatic heterocycles. The van der Waals surface area contributed by atoms with Crippen molar-refractivity contribution in [2.24, 2.45) is 5.92 Å². The molecule has 1 heterocycles. The molecule has 0 unspecified atom stereocenters. The van der Waals surface area contributed by atoms with Crippen molar-refractivity contribution in [3.63, 3.8) is 0 Å². The van der Waals surface area contributed by atoms with Crippen molar-refractivity contribution < 1.29 is 4.79 Å². The Kier molecular flexibility index (Phi) is 5.67. The molecule has 1 fully saturated rings. The lowest BCUT2D eigenvalue weighted by molar-refractivity contribution is 0.0963. The second kappa shape index (κ2) is 7.50. The quantitative estimate of drug-likeness (QED) is 0.703. The van der Waals surface area contributed by atoms with E-state index < -0.39 is 0 Å². The summed E-state index contributed by atoms with van der Waals surface area (Å²) in [5.74, 6) is 0.761. The van der Waals surface area contributed by atoms with Gasteiger partial charge in [0.15, 0.2) is 0 Å². The number of carbonyl (C=O) groups is 1. The van der Waals surface area contributed by atoms with Crippen molar-refractivity contribution in [1.82, 2.24) is 5.32 Å². The van der Waals surface area contributed by atoms with Crippen molar-refractivity contribution in [3.05, 3.63) is 23.6 Å². The lowest BCUT2D eigenvalue weighted by Crippen LogP contribution is -2.25. The third kappa shape index (κ3) is 4.24. The first-order valence-electron chi connectivity index (χ1n) is 7.69. The third-order valence-corrected chi connectivity index (χ3v) is 5.23. The average Bonchev–Trinajstić information content (AvgIpc) is 2.86. The molecule has 4 nitrogen and oxygen atoms in total. The molecule has 0 radical (unpaired) electrons. The molecule has 2 rings (SSSR count). The number of nitrogens with two attached hydrogens (primary N) is 1. The largest absolute Gasteiger partial charge is 0.397 e. The number of nitrogens with one attached hydrogen (secondary N) is 2. The number of nitrogen functional groups attached to an aromatic ring is 1. The van der Waals surface area contributed by atoms with Crippen LogP contribution in [0.25, 0.3) is 0 Å². The maximum Gasteiger partial charge on any atom is 0.263 e. The van der Waals surface area contributed by atoms with Gasteiger partial charge in [-0.3, -0.25) is 4.79 Å². The minimum absolute atomic E-state index is 0.125. The predicted molar refractivity (Wildman–Crippen MR) is 90.9 cm³/mol. The van der Waals surface area contributed by atoms with Gasteiger partial charge in [-0.25, -0.2) is 0 Å².